The third-order valence-electron chi connectivity index (χ3n) is 3.41. The molecule has 1 heterocycles. The fourth-order valence-corrected chi connectivity index (χ4v) is 3.63. The van der Waals surface area contributed by atoms with Gasteiger partial charge >= 0.3 is 5.97 Å². The number of amides is 1. The standard InChI is InChI=1S/C18H21NO4S2/c1-3-22-14-8-5-7-13(11-14)12-15-17(21)19(18(24)25-15)10-6-9-16(20)23-4-2/h5,7-8,11-12H,3-4,6,9-10H2,1-2H3/b15-12+. The lowest BCUT2D eigenvalue weighted by Crippen LogP contribution is -2.29. The molecule has 1 amide bonds. The first-order valence-electron chi connectivity index (χ1n) is 8.19. The predicted molar refractivity (Wildman–Crippen MR) is 103 cm³/mol. The lowest BCUT2D eigenvalue weighted by molar-refractivity contribution is -0.143. The van der Waals surface area contributed by atoms with Crippen LogP contribution in [-0.4, -0.2) is 40.9 Å². The van der Waals surface area contributed by atoms with Gasteiger partial charge in [0, 0.05) is 13.0 Å². The van der Waals surface area contributed by atoms with Gasteiger partial charge in [-0.3, -0.25) is 14.5 Å². The summed E-state index contributed by atoms with van der Waals surface area (Å²) in [4.78, 5) is 26.0. The second-order valence-electron chi connectivity index (χ2n) is 5.25. The van der Waals surface area contributed by atoms with Crippen LogP contribution in [-0.2, 0) is 14.3 Å². The summed E-state index contributed by atoms with van der Waals surface area (Å²) in [6, 6.07) is 7.56. The number of rotatable bonds is 8. The van der Waals surface area contributed by atoms with Crippen molar-refractivity contribution >= 4 is 46.3 Å². The number of carbonyl (C=O) groups is 2. The van der Waals surface area contributed by atoms with Gasteiger partial charge in [-0.05, 0) is 44.0 Å². The van der Waals surface area contributed by atoms with Gasteiger partial charge in [0.15, 0.2) is 0 Å². The number of carbonyl (C=O) groups excluding carboxylic acids is 2. The van der Waals surface area contributed by atoms with E-state index in [-0.39, 0.29) is 18.3 Å². The highest BCUT2D eigenvalue weighted by molar-refractivity contribution is 8.26. The number of ether oxygens (including phenoxy) is 2. The molecule has 0 radical (unpaired) electrons. The maximum Gasteiger partial charge on any atom is 0.305 e. The summed E-state index contributed by atoms with van der Waals surface area (Å²) in [5.74, 6) is 0.387. The largest absolute Gasteiger partial charge is 0.494 e. The third kappa shape index (κ3) is 5.57. The molecule has 0 saturated carbocycles. The van der Waals surface area contributed by atoms with Crippen LogP contribution in [0.15, 0.2) is 29.2 Å². The van der Waals surface area contributed by atoms with Crippen molar-refractivity contribution < 1.29 is 19.1 Å². The quantitative estimate of drug-likeness (QED) is 0.391. The normalized spacial score (nSPS) is 15.8. The maximum absolute atomic E-state index is 12.5. The van der Waals surface area contributed by atoms with Crippen LogP contribution in [0.1, 0.15) is 32.3 Å². The highest BCUT2D eigenvalue weighted by Crippen LogP contribution is 2.33. The van der Waals surface area contributed by atoms with Gasteiger partial charge in [0.25, 0.3) is 5.91 Å². The average molecular weight is 380 g/mol. The molecule has 25 heavy (non-hydrogen) atoms. The third-order valence-corrected chi connectivity index (χ3v) is 4.79. The Morgan fingerprint density at radius 2 is 2.12 bits per heavy atom. The van der Waals surface area contributed by atoms with Crippen molar-refractivity contribution in [2.24, 2.45) is 0 Å². The van der Waals surface area contributed by atoms with Crippen LogP contribution in [0.3, 0.4) is 0 Å². The Balaban J connectivity index is 2.00. The molecule has 5 nitrogen and oxygen atoms in total. The van der Waals surface area contributed by atoms with E-state index in [4.69, 9.17) is 21.7 Å². The van der Waals surface area contributed by atoms with Gasteiger partial charge in [-0.1, -0.05) is 36.1 Å². The monoisotopic (exact) mass is 379 g/mol. The van der Waals surface area contributed by atoms with Gasteiger partial charge in [0.05, 0.1) is 18.1 Å². The van der Waals surface area contributed by atoms with Gasteiger partial charge < -0.3 is 9.47 Å². The number of thioether (sulfide) groups is 1. The summed E-state index contributed by atoms with van der Waals surface area (Å²) in [6.07, 6.45) is 2.62. The van der Waals surface area contributed by atoms with Crippen molar-refractivity contribution in [3.05, 3.63) is 34.7 Å². The Labute approximate surface area is 157 Å². The average Bonchev–Trinajstić information content (AvgIpc) is 2.83. The molecule has 1 aliphatic heterocycles. The van der Waals surface area contributed by atoms with E-state index >= 15 is 0 Å². The molecule has 7 heteroatoms. The van der Waals surface area contributed by atoms with Gasteiger partial charge in [-0.15, -0.1) is 0 Å². The second kappa shape index (κ2) is 9.58. The number of thiocarbonyl (C=S) groups is 1. The zero-order valence-electron chi connectivity index (χ0n) is 14.3. The Morgan fingerprint density at radius 1 is 1.32 bits per heavy atom. The fraction of sp³-hybridized carbons (Fsp3) is 0.389. The molecular weight excluding hydrogens is 358 g/mol. The first-order chi connectivity index (χ1) is 12.0. The van der Waals surface area contributed by atoms with Crippen LogP contribution in [0.25, 0.3) is 6.08 Å². The number of hydrogen-bond acceptors (Lipinski definition) is 6. The van der Waals surface area contributed by atoms with E-state index in [1.807, 2.05) is 37.3 Å². The summed E-state index contributed by atoms with van der Waals surface area (Å²) >= 11 is 6.57. The molecule has 0 aliphatic carbocycles. The molecule has 1 aromatic rings. The van der Waals surface area contributed by atoms with Crippen molar-refractivity contribution in [3.63, 3.8) is 0 Å². The first kappa shape index (κ1) is 19.5. The molecule has 0 spiro atoms. The first-order valence-corrected chi connectivity index (χ1v) is 9.41. The minimum absolute atomic E-state index is 0.124. The zero-order chi connectivity index (χ0) is 18.2. The van der Waals surface area contributed by atoms with Crippen molar-refractivity contribution in [1.29, 1.82) is 0 Å². The summed E-state index contributed by atoms with van der Waals surface area (Å²) < 4.78 is 10.9. The minimum Gasteiger partial charge on any atom is -0.494 e. The lowest BCUT2D eigenvalue weighted by atomic mass is 10.2. The van der Waals surface area contributed by atoms with E-state index < -0.39 is 0 Å². The summed E-state index contributed by atoms with van der Waals surface area (Å²) in [6.45, 7) is 5.06. The van der Waals surface area contributed by atoms with Crippen molar-refractivity contribution in [1.82, 2.24) is 4.90 Å². The summed E-state index contributed by atoms with van der Waals surface area (Å²) in [7, 11) is 0. The Hall–Kier alpha value is -1.86. The molecule has 0 aromatic heterocycles. The van der Waals surface area contributed by atoms with Crippen LogP contribution in [0, 0.1) is 0 Å². The zero-order valence-corrected chi connectivity index (χ0v) is 16.0. The van der Waals surface area contributed by atoms with E-state index in [1.165, 1.54) is 16.7 Å². The van der Waals surface area contributed by atoms with Crippen LogP contribution in [0.2, 0.25) is 0 Å². The molecular formula is C18H21NO4S2. The van der Waals surface area contributed by atoms with Crippen LogP contribution in [0.5, 0.6) is 5.75 Å². The molecule has 1 fully saturated rings. The molecule has 134 valence electrons. The number of nitrogens with zero attached hydrogens (tertiary/aromatic N) is 1. The smallest absolute Gasteiger partial charge is 0.305 e. The van der Waals surface area contributed by atoms with Gasteiger partial charge in [-0.2, -0.15) is 0 Å². The fourth-order valence-electron chi connectivity index (χ4n) is 2.32. The molecule has 1 aliphatic rings. The van der Waals surface area contributed by atoms with E-state index in [0.29, 0.717) is 35.4 Å². The van der Waals surface area contributed by atoms with Gasteiger partial charge in [0.1, 0.15) is 10.1 Å². The Kier molecular flexibility index (Phi) is 7.46. The minimum atomic E-state index is -0.253. The van der Waals surface area contributed by atoms with Crippen LogP contribution in [0.4, 0.5) is 0 Å². The topological polar surface area (TPSA) is 55.8 Å². The van der Waals surface area contributed by atoms with Crippen molar-refractivity contribution in [2.45, 2.75) is 26.7 Å². The van der Waals surface area contributed by atoms with E-state index in [0.717, 1.165) is 11.3 Å². The van der Waals surface area contributed by atoms with Gasteiger partial charge in [-0.25, -0.2) is 0 Å². The van der Waals surface area contributed by atoms with Crippen molar-refractivity contribution in [2.75, 3.05) is 19.8 Å². The molecule has 0 bridgehead atoms. The Morgan fingerprint density at radius 3 is 2.84 bits per heavy atom. The van der Waals surface area contributed by atoms with Crippen LogP contribution >= 0.6 is 24.0 Å². The summed E-state index contributed by atoms with van der Waals surface area (Å²) in [5, 5.41) is 0. The number of benzene rings is 1. The van der Waals surface area contributed by atoms with Crippen LogP contribution < -0.4 is 4.74 Å². The Bertz CT molecular complexity index is 687. The highest BCUT2D eigenvalue weighted by Gasteiger charge is 2.31. The number of esters is 1. The maximum atomic E-state index is 12.5. The molecule has 2 rings (SSSR count). The lowest BCUT2D eigenvalue weighted by Gasteiger charge is -2.13. The van der Waals surface area contributed by atoms with E-state index in [2.05, 4.69) is 0 Å². The molecule has 0 atom stereocenters. The van der Waals surface area contributed by atoms with Gasteiger partial charge in [0.2, 0.25) is 0 Å². The number of hydrogen-bond donors (Lipinski definition) is 0. The highest BCUT2D eigenvalue weighted by atomic mass is 32.2. The molecule has 1 aromatic carbocycles. The van der Waals surface area contributed by atoms with Crippen molar-refractivity contribution in [3.8, 4) is 5.75 Å². The van der Waals surface area contributed by atoms with E-state index in [1.54, 1.807) is 6.92 Å². The molecule has 0 unspecified atom stereocenters. The molecule has 1 saturated heterocycles. The summed E-state index contributed by atoms with van der Waals surface area (Å²) in [5.41, 5.74) is 0.887. The SMILES string of the molecule is CCOC(=O)CCCN1C(=O)/C(=C\c2cccc(OCC)c2)SC1=S. The second-order valence-corrected chi connectivity index (χ2v) is 6.92. The molecule has 0 N–H and O–H groups in total. The van der Waals surface area contributed by atoms with E-state index in [9.17, 15) is 9.59 Å². The predicted octanol–water partition coefficient (Wildman–Crippen LogP) is 3.63.